The van der Waals surface area contributed by atoms with Crippen molar-refractivity contribution in [3.05, 3.63) is 12.7 Å². The van der Waals surface area contributed by atoms with Crippen molar-refractivity contribution in [3.8, 4) is 6.07 Å². The second kappa shape index (κ2) is 8.11. The number of carbonyl (C=O) groups excluding carboxylic acids is 1. The number of carbonyl (C=O) groups is 1. The molecule has 1 fully saturated rings. The van der Waals surface area contributed by atoms with Gasteiger partial charge in [0, 0.05) is 32.5 Å². The van der Waals surface area contributed by atoms with Gasteiger partial charge in [0.15, 0.2) is 5.67 Å². The second-order valence-electron chi connectivity index (χ2n) is 5.70. The zero-order valence-corrected chi connectivity index (χ0v) is 12.7. The van der Waals surface area contributed by atoms with Gasteiger partial charge in [-0.1, -0.05) is 6.08 Å². The zero-order valence-electron chi connectivity index (χ0n) is 12.7. The summed E-state index contributed by atoms with van der Waals surface area (Å²) in [6, 6.07) is 1.13. The Bertz CT molecular complexity index is 399. The normalized spacial score (nSPS) is 19.1. The van der Waals surface area contributed by atoms with Crippen molar-refractivity contribution < 1.29 is 9.18 Å². The number of likely N-dealkylation sites (N-methyl/N-ethyl adjacent to an activating group) is 1. The highest BCUT2D eigenvalue weighted by atomic mass is 19.1. The van der Waals surface area contributed by atoms with Crippen LogP contribution >= 0.6 is 0 Å². The van der Waals surface area contributed by atoms with E-state index >= 15 is 0 Å². The number of hydrogen-bond acceptors (Lipinski definition) is 4. The number of rotatable bonds is 7. The van der Waals surface area contributed by atoms with E-state index in [2.05, 4.69) is 11.5 Å². The first-order valence-corrected chi connectivity index (χ1v) is 7.36. The van der Waals surface area contributed by atoms with E-state index in [1.807, 2.05) is 13.1 Å². The molecule has 0 aromatic rings. The number of nitrogens with two attached hydrogens (primary N) is 1. The molecule has 1 aliphatic rings. The highest BCUT2D eigenvalue weighted by Crippen LogP contribution is 2.25. The number of alkyl halides is 1. The molecule has 5 nitrogen and oxygen atoms in total. The van der Waals surface area contributed by atoms with Gasteiger partial charge >= 0.3 is 0 Å². The van der Waals surface area contributed by atoms with Gasteiger partial charge in [-0.15, -0.1) is 6.58 Å². The average molecular weight is 296 g/mol. The van der Waals surface area contributed by atoms with Gasteiger partial charge < -0.3 is 15.5 Å². The Balaban J connectivity index is 2.32. The van der Waals surface area contributed by atoms with E-state index in [0.29, 0.717) is 6.42 Å². The van der Waals surface area contributed by atoms with Crippen LogP contribution in [-0.2, 0) is 4.79 Å². The third-order valence-corrected chi connectivity index (χ3v) is 3.88. The minimum atomic E-state index is -1.78. The number of hydrogen-bond donors (Lipinski definition) is 1. The second-order valence-corrected chi connectivity index (χ2v) is 5.70. The van der Waals surface area contributed by atoms with E-state index in [1.165, 1.54) is 0 Å². The SMILES string of the molecule is C=CCN(C)CCC[C@H](N)C(=O)N1CCC(F)(C#N)CC1. The van der Waals surface area contributed by atoms with Gasteiger partial charge in [0.05, 0.1) is 6.04 Å². The van der Waals surface area contributed by atoms with Crippen molar-refractivity contribution in [3.63, 3.8) is 0 Å². The predicted molar refractivity (Wildman–Crippen MR) is 80.2 cm³/mol. The van der Waals surface area contributed by atoms with Crippen molar-refractivity contribution in [1.29, 1.82) is 5.26 Å². The zero-order chi connectivity index (χ0) is 15.9. The molecule has 0 aliphatic carbocycles. The van der Waals surface area contributed by atoms with Crippen LogP contribution in [0.15, 0.2) is 12.7 Å². The van der Waals surface area contributed by atoms with E-state index in [4.69, 9.17) is 11.0 Å². The van der Waals surface area contributed by atoms with E-state index in [0.717, 1.165) is 19.5 Å². The van der Waals surface area contributed by atoms with Crippen LogP contribution < -0.4 is 5.73 Å². The summed E-state index contributed by atoms with van der Waals surface area (Å²) in [5, 5.41) is 8.73. The molecule has 1 atom stereocenters. The molecule has 2 N–H and O–H groups in total. The summed E-state index contributed by atoms with van der Waals surface area (Å²) in [5.74, 6) is -0.138. The standard InChI is InChI=1S/C15H25FN4O/c1-3-8-19(2)9-4-5-13(18)14(21)20-10-6-15(16,12-17)7-11-20/h3,13H,1,4-11,18H2,2H3/t13-/m0/s1. The summed E-state index contributed by atoms with van der Waals surface area (Å²) in [6.07, 6.45) is 3.41. The fourth-order valence-corrected chi connectivity index (χ4v) is 2.44. The van der Waals surface area contributed by atoms with E-state index in [-0.39, 0.29) is 31.8 Å². The van der Waals surface area contributed by atoms with Crippen LogP contribution in [0.2, 0.25) is 0 Å². The van der Waals surface area contributed by atoms with Crippen molar-refractivity contribution >= 4 is 5.91 Å². The molecular formula is C15H25FN4O. The minimum absolute atomic E-state index is 0.0734. The molecule has 6 heteroatoms. The maximum Gasteiger partial charge on any atom is 0.239 e. The van der Waals surface area contributed by atoms with Crippen molar-refractivity contribution in [2.75, 3.05) is 33.2 Å². The number of halogens is 1. The number of piperidine rings is 1. The summed E-state index contributed by atoms with van der Waals surface area (Å²) in [7, 11) is 1.99. The molecule has 0 bridgehead atoms. The molecule has 0 saturated carbocycles. The lowest BCUT2D eigenvalue weighted by molar-refractivity contribution is -0.134. The van der Waals surface area contributed by atoms with Gasteiger partial charge in [-0.05, 0) is 26.4 Å². The van der Waals surface area contributed by atoms with Crippen LogP contribution in [0.25, 0.3) is 0 Å². The number of nitrogens with zero attached hydrogens (tertiary/aromatic N) is 3. The summed E-state index contributed by atoms with van der Waals surface area (Å²) in [5.41, 5.74) is 4.14. The first-order chi connectivity index (χ1) is 9.91. The van der Waals surface area contributed by atoms with Crippen LogP contribution in [0.1, 0.15) is 25.7 Å². The number of likely N-dealkylation sites (tertiary alicyclic amines) is 1. The molecule has 21 heavy (non-hydrogen) atoms. The van der Waals surface area contributed by atoms with Gasteiger partial charge in [0.1, 0.15) is 6.07 Å². The molecule has 1 amide bonds. The van der Waals surface area contributed by atoms with Crippen LogP contribution in [0.3, 0.4) is 0 Å². The number of nitriles is 1. The van der Waals surface area contributed by atoms with Crippen molar-refractivity contribution in [2.24, 2.45) is 5.73 Å². The summed E-state index contributed by atoms with van der Waals surface area (Å²) >= 11 is 0. The lowest BCUT2D eigenvalue weighted by Gasteiger charge is -2.34. The highest BCUT2D eigenvalue weighted by Gasteiger charge is 2.36. The average Bonchev–Trinajstić information content (AvgIpc) is 2.47. The largest absolute Gasteiger partial charge is 0.341 e. The molecule has 1 rings (SSSR count). The lowest BCUT2D eigenvalue weighted by Crippen LogP contribution is -2.50. The minimum Gasteiger partial charge on any atom is -0.341 e. The van der Waals surface area contributed by atoms with Crippen molar-refractivity contribution in [1.82, 2.24) is 9.80 Å². The summed E-state index contributed by atoms with van der Waals surface area (Å²) < 4.78 is 13.8. The summed E-state index contributed by atoms with van der Waals surface area (Å²) in [6.45, 7) is 5.88. The Morgan fingerprint density at radius 3 is 2.76 bits per heavy atom. The van der Waals surface area contributed by atoms with E-state index < -0.39 is 11.7 Å². The first-order valence-electron chi connectivity index (χ1n) is 7.36. The molecule has 1 saturated heterocycles. The fourth-order valence-electron chi connectivity index (χ4n) is 2.44. The maximum atomic E-state index is 13.8. The fraction of sp³-hybridized carbons (Fsp3) is 0.733. The molecule has 1 heterocycles. The predicted octanol–water partition coefficient (Wildman–Crippen LogP) is 1.07. The van der Waals surface area contributed by atoms with Gasteiger partial charge in [-0.25, -0.2) is 4.39 Å². The molecule has 0 aromatic carbocycles. The van der Waals surface area contributed by atoms with Gasteiger partial charge in [-0.3, -0.25) is 4.79 Å². The Hall–Kier alpha value is -1.45. The Labute approximate surface area is 126 Å². The lowest BCUT2D eigenvalue weighted by atomic mass is 9.94. The van der Waals surface area contributed by atoms with E-state index in [9.17, 15) is 9.18 Å². The monoisotopic (exact) mass is 296 g/mol. The van der Waals surface area contributed by atoms with Gasteiger partial charge in [0.2, 0.25) is 5.91 Å². The van der Waals surface area contributed by atoms with Gasteiger partial charge in [0.25, 0.3) is 0 Å². The molecular weight excluding hydrogens is 271 g/mol. The first kappa shape index (κ1) is 17.6. The quantitative estimate of drug-likeness (QED) is 0.713. The molecule has 0 unspecified atom stereocenters. The van der Waals surface area contributed by atoms with Gasteiger partial charge in [-0.2, -0.15) is 5.26 Å². The van der Waals surface area contributed by atoms with E-state index in [1.54, 1.807) is 11.0 Å². The third-order valence-electron chi connectivity index (χ3n) is 3.88. The third kappa shape index (κ3) is 5.44. The molecule has 118 valence electrons. The molecule has 0 radical (unpaired) electrons. The highest BCUT2D eigenvalue weighted by molar-refractivity contribution is 5.81. The topological polar surface area (TPSA) is 73.4 Å². The van der Waals surface area contributed by atoms with Crippen molar-refractivity contribution in [2.45, 2.75) is 37.4 Å². The Kier molecular flexibility index (Phi) is 6.79. The maximum absolute atomic E-state index is 13.8. The van der Waals surface area contributed by atoms with Crippen LogP contribution in [-0.4, -0.2) is 60.6 Å². The summed E-state index contributed by atoms with van der Waals surface area (Å²) in [4.78, 5) is 15.8. The Morgan fingerprint density at radius 1 is 1.62 bits per heavy atom. The molecule has 0 spiro atoms. The van der Waals surface area contributed by atoms with Crippen LogP contribution in [0.5, 0.6) is 0 Å². The van der Waals surface area contributed by atoms with Crippen LogP contribution in [0, 0.1) is 11.3 Å². The van der Waals surface area contributed by atoms with Crippen LogP contribution in [0.4, 0.5) is 4.39 Å². The smallest absolute Gasteiger partial charge is 0.239 e. The Morgan fingerprint density at radius 2 is 2.24 bits per heavy atom. The number of amides is 1. The molecule has 1 aliphatic heterocycles. The molecule has 0 aromatic heterocycles.